The van der Waals surface area contributed by atoms with Gasteiger partial charge in [0.25, 0.3) is 0 Å². The van der Waals surface area contributed by atoms with Gasteiger partial charge in [0.05, 0.1) is 12.6 Å². The zero-order valence-electron chi connectivity index (χ0n) is 21.8. The predicted molar refractivity (Wildman–Crippen MR) is 136 cm³/mol. The average Bonchev–Trinajstić information content (AvgIpc) is 3.20. The molecule has 0 aromatic rings. The standard InChI is InChI=1S/C28H53NO3/c1-5-6-7-8-9-10-11-12-13-14-15-16-17-18-19-20-24-31-25-26-22-21-23-29(26)27(30)32-28(2,3)4/h12-13,26H,5-11,14-25H2,1-4H3/b13-12-/t26-/m0/s1. The van der Waals surface area contributed by atoms with Crippen LogP contribution in [0.25, 0.3) is 0 Å². The van der Waals surface area contributed by atoms with E-state index in [4.69, 9.17) is 9.47 Å². The Hall–Kier alpha value is -1.03. The quantitative estimate of drug-likeness (QED) is 0.155. The Bertz CT molecular complexity index is 484. The lowest BCUT2D eigenvalue weighted by Crippen LogP contribution is -2.41. The second-order valence-electron chi connectivity index (χ2n) is 10.5. The molecule has 1 amide bonds. The fourth-order valence-electron chi connectivity index (χ4n) is 4.24. The minimum Gasteiger partial charge on any atom is -0.444 e. The largest absolute Gasteiger partial charge is 0.444 e. The number of carbonyl (C=O) groups excluding carboxylic acids is 1. The number of amides is 1. The van der Waals surface area contributed by atoms with Crippen molar-refractivity contribution in [2.24, 2.45) is 0 Å². The van der Waals surface area contributed by atoms with Gasteiger partial charge in [0.1, 0.15) is 5.60 Å². The van der Waals surface area contributed by atoms with E-state index in [-0.39, 0.29) is 12.1 Å². The van der Waals surface area contributed by atoms with Gasteiger partial charge in [0.15, 0.2) is 0 Å². The van der Waals surface area contributed by atoms with E-state index < -0.39 is 5.60 Å². The number of ether oxygens (including phenoxy) is 2. The van der Waals surface area contributed by atoms with Crippen molar-refractivity contribution in [3.8, 4) is 0 Å². The Balaban J connectivity index is 1.89. The molecule has 0 unspecified atom stereocenters. The normalized spacial score (nSPS) is 16.9. The fraction of sp³-hybridized carbons (Fsp3) is 0.893. The summed E-state index contributed by atoms with van der Waals surface area (Å²) in [6.07, 6.45) is 25.2. The Labute approximate surface area is 199 Å². The van der Waals surface area contributed by atoms with E-state index in [9.17, 15) is 4.79 Å². The average molecular weight is 452 g/mol. The summed E-state index contributed by atoms with van der Waals surface area (Å²) < 4.78 is 11.4. The molecule has 1 saturated heterocycles. The molecule has 4 heteroatoms. The third kappa shape index (κ3) is 15.7. The molecular formula is C28H53NO3. The zero-order valence-corrected chi connectivity index (χ0v) is 21.8. The highest BCUT2D eigenvalue weighted by Crippen LogP contribution is 2.21. The summed E-state index contributed by atoms with van der Waals surface area (Å²) in [4.78, 5) is 14.2. The molecule has 32 heavy (non-hydrogen) atoms. The van der Waals surface area contributed by atoms with Crippen LogP contribution in [-0.2, 0) is 9.47 Å². The monoisotopic (exact) mass is 451 g/mol. The van der Waals surface area contributed by atoms with Crippen molar-refractivity contribution >= 4 is 6.09 Å². The Morgan fingerprint density at radius 3 is 2.03 bits per heavy atom. The number of allylic oxidation sites excluding steroid dienone is 2. The first-order valence-electron chi connectivity index (χ1n) is 13.7. The van der Waals surface area contributed by atoms with E-state index >= 15 is 0 Å². The van der Waals surface area contributed by atoms with Gasteiger partial charge in [0, 0.05) is 13.2 Å². The van der Waals surface area contributed by atoms with Crippen molar-refractivity contribution in [3.05, 3.63) is 12.2 Å². The number of nitrogens with zero attached hydrogens (tertiary/aromatic N) is 1. The van der Waals surface area contributed by atoms with Crippen LogP contribution in [0.1, 0.15) is 130 Å². The van der Waals surface area contributed by atoms with Gasteiger partial charge in [-0.1, -0.05) is 76.9 Å². The van der Waals surface area contributed by atoms with Crippen molar-refractivity contribution in [2.75, 3.05) is 19.8 Å². The molecule has 0 N–H and O–H groups in total. The molecule has 1 fully saturated rings. The van der Waals surface area contributed by atoms with E-state index in [2.05, 4.69) is 19.1 Å². The maximum absolute atomic E-state index is 12.3. The molecule has 0 aliphatic carbocycles. The summed E-state index contributed by atoms with van der Waals surface area (Å²) in [5, 5.41) is 0. The third-order valence-corrected chi connectivity index (χ3v) is 6.12. The van der Waals surface area contributed by atoms with Crippen LogP contribution in [0.4, 0.5) is 4.79 Å². The van der Waals surface area contributed by atoms with Crippen LogP contribution < -0.4 is 0 Å². The van der Waals surface area contributed by atoms with Crippen LogP contribution in [-0.4, -0.2) is 42.4 Å². The van der Waals surface area contributed by atoms with Gasteiger partial charge < -0.3 is 14.4 Å². The number of rotatable bonds is 18. The molecule has 1 heterocycles. The Kier molecular flexibility index (Phi) is 16.7. The second-order valence-corrected chi connectivity index (χ2v) is 10.5. The lowest BCUT2D eigenvalue weighted by atomic mass is 10.1. The Morgan fingerprint density at radius 1 is 0.875 bits per heavy atom. The summed E-state index contributed by atoms with van der Waals surface area (Å²) in [5.74, 6) is 0. The highest BCUT2D eigenvalue weighted by molar-refractivity contribution is 5.68. The lowest BCUT2D eigenvalue weighted by molar-refractivity contribution is 0.0103. The number of carbonyl (C=O) groups is 1. The molecule has 4 nitrogen and oxygen atoms in total. The molecule has 1 aliphatic rings. The summed E-state index contributed by atoms with van der Waals surface area (Å²) in [6.45, 7) is 10.3. The molecule has 0 aromatic heterocycles. The van der Waals surface area contributed by atoms with Crippen molar-refractivity contribution in [1.82, 2.24) is 4.90 Å². The summed E-state index contributed by atoms with van der Waals surface area (Å²) in [5.41, 5.74) is -0.436. The second kappa shape index (κ2) is 18.4. The van der Waals surface area contributed by atoms with Crippen LogP contribution >= 0.6 is 0 Å². The number of unbranched alkanes of at least 4 members (excludes halogenated alkanes) is 12. The van der Waals surface area contributed by atoms with Crippen LogP contribution in [0, 0.1) is 0 Å². The van der Waals surface area contributed by atoms with Gasteiger partial charge >= 0.3 is 6.09 Å². The van der Waals surface area contributed by atoms with Gasteiger partial charge in [-0.15, -0.1) is 0 Å². The van der Waals surface area contributed by atoms with Crippen molar-refractivity contribution in [1.29, 1.82) is 0 Å². The van der Waals surface area contributed by atoms with Crippen LogP contribution in [0.3, 0.4) is 0 Å². The van der Waals surface area contributed by atoms with Crippen LogP contribution in [0.15, 0.2) is 12.2 Å². The van der Waals surface area contributed by atoms with Crippen molar-refractivity contribution in [3.63, 3.8) is 0 Å². The highest BCUT2D eigenvalue weighted by atomic mass is 16.6. The first kappa shape index (κ1) is 29.0. The van der Waals surface area contributed by atoms with Gasteiger partial charge in [-0.2, -0.15) is 0 Å². The molecule has 0 spiro atoms. The van der Waals surface area contributed by atoms with E-state index in [1.165, 1.54) is 83.5 Å². The molecule has 0 radical (unpaired) electrons. The molecule has 0 saturated carbocycles. The summed E-state index contributed by atoms with van der Waals surface area (Å²) in [7, 11) is 0. The zero-order chi connectivity index (χ0) is 23.5. The van der Waals surface area contributed by atoms with Crippen molar-refractivity contribution in [2.45, 2.75) is 142 Å². The molecule has 1 atom stereocenters. The lowest BCUT2D eigenvalue weighted by Gasteiger charge is -2.28. The van der Waals surface area contributed by atoms with E-state index in [1.54, 1.807) is 0 Å². The first-order valence-corrected chi connectivity index (χ1v) is 13.7. The fourth-order valence-corrected chi connectivity index (χ4v) is 4.24. The summed E-state index contributed by atoms with van der Waals surface area (Å²) >= 11 is 0. The molecule has 1 rings (SSSR count). The third-order valence-electron chi connectivity index (χ3n) is 6.12. The van der Waals surface area contributed by atoms with Gasteiger partial charge in [-0.3, -0.25) is 0 Å². The van der Waals surface area contributed by atoms with Gasteiger partial charge in [-0.25, -0.2) is 4.79 Å². The number of hydrogen-bond donors (Lipinski definition) is 0. The predicted octanol–water partition coefficient (Wildman–Crippen LogP) is 8.44. The van der Waals surface area contributed by atoms with E-state index in [1.807, 2.05) is 25.7 Å². The van der Waals surface area contributed by atoms with Gasteiger partial charge in [-0.05, 0) is 65.7 Å². The molecule has 0 aromatic carbocycles. The van der Waals surface area contributed by atoms with Crippen molar-refractivity contribution < 1.29 is 14.3 Å². The summed E-state index contributed by atoms with van der Waals surface area (Å²) in [6, 6.07) is 0.180. The maximum Gasteiger partial charge on any atom is 0.410 e. The smallest absolute Gasteiger partial charge is 0.410 e. The first-order chi connectivity index (χ1) is 15.4. The molecule has 0 bridgehead atoms. The number of hydrogen-bond acceptors (Lipinski definition) is 3. The number of likely N-dealkylation sites (tertiary alicyclic amines) is 1. The maximum atomic E-state index is 12.3. The molecule has 1 aliphatic heterocycles. The van der Waals surface area contributed by atoms with Crippen LogP contribution in [0.5, 0.6) is 0 Å². The minimum atomic E-state index is -0.436. The molecule has 188 valence electrons. The Morgan fingerprint density at radius 2 is 1.44 bits per heavy atom. The highest BCUT2D eigenvalue weighted by Gasteiger charge is 2.32. The molecular weight excluding hydrogens is 398 g/mol. The minimum absolute atomic E-state index is 0.180. The SMILES string of the molecule is CCCCCCCC/C=C\CCCCCCCCOC[C@@H]1CCCN1C(=O)OC(C)(C)C. The van der Waals surface area contributed by atoms with Gasteiger partial charge in [0.2, 0.25) is 0 Å². The topological polar surface area (TPSA) is 38.8 Å². The van der Waals surface area contributed by atoms with Crippen LogP contribution in [0.2, 0.25) is 0 Å². The van der Waals surface area contributed by atoms with E-state index in [0.717, 1.165) is 32.4 Å². The van der Waals surface area contributed by atoms with E-state index in [0.29, 0.717) is 6.61 Å².